The van der Waals surface area contributed by atoms with Gasteiger partial charge in [-0.15, -0.1) is 0 Å². The number of hydrogen-bond donors (Lipinski definition) is 2. The summed E-state index contributed by atoms with van der Waals surface area (Å²) in [5, 5.41) is 9.68. The molecule has 3 aromatic rings. The molecule has 5 nitrogen and oxygen atoms in total. The molecule has 0 bridgehead atoms. The largest absolute Gasteiger partial charge is 0.398 e. The van der Waals surface area contributed by atoms with Gasteiger partial charge >= 0.3 is 0 Å². The van der Waals surface area contributed by atoms with Crippen molar-refractivity contribution >= 4 is 22.1 Å². The maximum Gasteiger partial charge on any atom is 0.0571 e. The summed E-state index contributed by atoms with van der Waals surface area (Å²) < 4.78 is 1.86. The third-order valence-corrected chi connectivity index (χ3v) is 3.45. The first-order valence-corrected chi connectivity index (χ1v) is 6.51. The number of hydrogen-bond acceptors (Lipinski definition) is 4. The van der Waals surface area contributed by atoms with Gasteiger partial charge in [0.1, 0.15) is 0 Å². The summed E-state index contributed by atoms with van der Waals surface area (Å²) in [7, 11) is 1.94. The predicted octanol–water partition coefficient (Wildman–Crippen LogP) is 2.47. The van der Waals surface area contributed by atoms with Crippen LogP contribution in [0.25, 0.3) is 10.8 Å². The lowest BCUT2D eigenvalue weighted by molar-refractivity contribution is 0.721. The van der Waals surface area contributed by atoms with Gasteiger partial charge in [0.2, 0.25) is 0 Å². The highest BCUT2D eigenvalue weighted by Gasteiger charge is 2.06. The lowest BCUT2D eigenvalue weighted by atomic mass is 10.1. The Hall–Kier alpha value is -2.56. The van der Waals surface area contributed by atoms with Gasteiger partial charge in [0.15, 0.2) is 0 Å². The number of nitrogens with two attached hydrogens (primary N) is 1. The first-order chi connectivity index (χ1) is 9.65. The van der Waals surface area contributed by atoms with E-state index >= 15 is 0 Å². The van der Waals surface area contributed by atoms with Gasteiger partial charge in [-0.3, -0.25) is 9.67 Å². The molecule has 0 aliphatic heterocycles. The monoisotopic (exact) mass is 267 g/mol. The SMILES string of the molecule is Cc1cc2c(NCc3ccnn3C)ccc(N)c2cn1. The molecule has 0 unspecified atom stereocenters. The van der Waals surface area contributed by atoms with E-state index in [1.807, 2.05) is 43.0 Å². The van der Waals surface area contributed by atoms with Gasteiger partial charge in [0, 0.05) is 47.3 Å². The maximum atomic E-state index is 6.01. The van der Waals surface area contributed by atoms with Crippen LogP contribution in [-0.2, 0) is 13.6 Å². The molecule has 20 heavy (non-hydrogen) atoms. The Bertz CT molecular complexity index is 760. The zero-order chi connectivity index (χ0) is 14.1. The molecule has 0 aliphatic rings. The molecular formula is C15H17N5. The van der Waals surface area contributed by atoms with E-state index in [4.69, 9.17) is 5.73 Å². The standard InChI is InChI=1S/C15H17N5/c1-10-7-12-13(9-17-10)14(16)3-4-15(12)18-8-11-5-6-19-20(11)2/h3-7,9,18H,8,16H2,1-2H3. The fourth-order valence-electron chi connectivity index (χ4n) is 2.28. The molecule has 3 N–H and O–H groups in total. The number of nitrogens with one attached hydrogen (secondary N) is 1. The minimum atomic E-state index is 0.719. The molecular weight excluding hydrogens is 250 g/mol. The molecule has 5 heteroatoms. The van der Waals surface area contributed by atoms with Crippen LogP contribution < -0.4 is 11.1 Å². The van der Waals surface area contributed by atoms with Crippen molar-refractivity contribution in [2.45, 2.75) is 13.5 Å². The number of pyridine rings is 1. The van der Waals surface area contributed by atoms with Gasteiger partial charge in [-0.05, 0) is 31.2 Å². The fraction of sp³-hybridized carbons (Fsp3) is 0.200. The van der Waals surface area contributed by atoms with Gasteiger partial charge in [0.05, 0.1) is 12.2 Å². The summed E-state index contributed by atoms with van der Waals surface area (Å²) in [6.45, 7) is 2.70. The second-order valence-corrected chi connectivity index (χ2v) is 4.87. The highest BCUT2D eigenvalue weighted by molar-refractivity contribution is 6.00. The first kappa shape index (κ1) is 12.5. The number of aryl methyl sites for hydroxylation is 2. The minimum absolute atomic E-state index is 0.719. The Labute approximate surface area is 117 Å². The van der Waals surface area contributed by atoms with E-state index in [0.717, 1.165) is 40.1 Å². The van der Waals surface area contributed by atoms with Crippen LogP contribution in [0.5, 0.6) is 0 Å². The third-order valence-electron chi connectivity index (χ3n) is 3.45. The van der Waals surface area contributed by atoms with E-state index in [-0.39, 0.29) is 0 Å². The van der Waals surface area contributed by atoms with Crippen molar-refractivity contribution in [1.82, 2.24) is 14.8 Å². The van der Waals surface area contributed by atoms with Gasteiger partial charge in [-0.2, -0.15) is 5.10 Å². The summed E-state index contributed by atoms with van der Waals surface area (Å²) in [5.41, 5.74) is 9.92. The van der Waals surface area contributed by atoms with Crippen molar-refractivity contribution in [3.8, 4) is 0 Å². The van der Waals surface area contributed by atoms with Crippen molar-refractivity contribution in [3.63, 3.8) is 0 Å². The Morgan fingerprint density at radius 1 is 1.25 bits per heavy atom. The second-order valence-electron chi connectivity index (χ2n) is 4.87. The normalized spacial score (nSPS) is 10.9. The van der Waals surface area contributed by atoms with Crippen molar-refractivity contribution in [3.05, 3.63) is 48.0 Å². The molecule has 2 heterocycles. The van der Waals surface area contributed by atoms with E-state index in [0.29, 0.717) is 0 Å². The van der Waals surface area contributed by atoms with Crippen LogP contribution in [0.4, 0.5) is 11.4 Å². The quantitative estimate of drug-likeness (QED) is 0.715. The molecule has 0 spiro atoms. The molecule has 0 radical (unpaired) electrons. The summed E-state index contributed by atoms with van der Waals surface area (Å²) in [5.74, 6) is 0. The number of nitrogen functional groups attached to an aromatic ring is 1. The topological polar surface area (TPSA) is 68.8 Å². The number of anilines is 2. The van der Waals surface area contributed by atoms with Crippen LogP contribution in [-0.4, -0.2) is 14.8 Å². The lowest BCUT2D eigenvalue weighted by Crippen LogP contribution is -2.06. The van der Waals surface area contributed by atoms with Crippen LogP contribution in [0.2, 0.25) is 0 Å². The first-order valence-electron chi connectivity index (χ1n) is 6.51. The van der Waals surface area contributed by atoms with Crippen LogP contribution in [0.3, 0.4) is 0 Å². The van der Waals surface area contributed by atoms with Crippen molar-refractivity contribution in [1.29, 1.82) is 0 Å². The Morgan fingerprint density at radius 3 is 2.85 bits per heavy atom. The van der Waals surface area contributed by atoms with Gasteiger partial charge in [-0.1, -0.05) is 0 Å². The van der Waals surface area contributed by atoms with E-state index in [1.165, 1.54) is 0 Å². The van der Waals surface area contributed by atoms with Crippen molar-refractivity contribution < 1.29 is 0 Å². The highest BCUT2D eigenvalue weighted by Crippen LogP contribution is 2.28. The minimum Gasteiger partial charge on any atom is -0.398 e. The van der Waals surface area contributed by atoms with Crippen LogP contribution in [0, 0.1) is 6.92 Å². The summed E-state index contributed by atoms with van der Waals surface area (Å²) in [6, 6.07) is 7.97. The van der Waals surface area contributed by atoms with Crippen LogP contribution >= 0.6 is 0 Å². The van der Waals surface area contributed by atoms with Crippen molar-refractivity contribution in [2.24, 2.45) is 7.05 Å². The molecule has 2 aromatic heterocycles. The number of benzene rings is 1. The Balaban J connectivity index is 1.97. The van der Waals surface area contributed by atoms with Crippen LogP contribution in [0.15, 0.2) is 36.7 Å². The lowest BCUT2D eigenvalue weighted by Gasteiger charge is -2.12. The summed E-state index contributed by atoms with van der Waals surface area (Å²) >= 11 is 0. The number of aromatic nitrogens is 3. The molecule has 0 saturated heterocycles. The molecule has 0 saturated carbocycles. The van der Waals surface area contributed by atoms with Crippen molar-refractivity contribution in [2.75, 3.05) is 11.1 Å². The van der Waals surface area contributed by atoms with Gasteiger partial charge in [0.25, 0.3) is 0 Å². The molecule has 0 aliphatic carbocycles. The van der Waals surface area contributed by atoms with Gasteiger partial charge in [-0.25, -0.2) is 0 Å². The fourth-order valence-corrected chi connectivity index (χ4v) is 2.28. The average Bonchev–Trinajstić information content (AvgIpc) is 2.83. The second kappa shape index (κ2) is 4.85. The zero-order valence-electron chi connectivity index (χ0n) is 11.6. The molecule has 1 aromatic carbocycles. The average molecular weight is 267 g/mol. The number of nitrogens with zero attached hydrogens (tertiary/aromatic N) is 3. The molecule has 3 rings (SSSR count). The molecule has 0 atom stereocenters. The van der Waals surface area contributed by atoms with Gasteiger partial charge < -0.3 is 11.1 Å². The Kier molecular flexibility index (Phi) is 3.02. The maximum absolute atomic E-state index is 6.01. The zero-order valence-corrected chi connectivity index (χ0v) is 11.6. The smallest absolute Gasteiger partial charge is 0.0571 e. The predicted molar refractivity (Wildman–Crippen MR) is 81.4 cm³/mol. The number of fused-ring (bicyclic) bond motifs is 1. The Morgan fingerprint density at radius 2 is 2.10 bits per heavy atom. The third kappa shape index (κ3) is 2.18. The van der Waals surface area contributed by atoms with E-state index in [1.54, 1.807) is 6.20 Å². The summed E-state index contributed by atoms with van der Waals surface area (Å²) in [6.07, 6.45) is 3.63. The van der Waals surface area contributed by atoms with Crippen LogP contribution in [0.1, 0.15) is 11.4 Å². The van der Waals surface area contributed by atoms with E-state index < -0.39 is 0 Å². The highest BCUT2D eigenvalue weighted by atomic mass is 15.3. The molecule has 0 amide bonds. The van der Waals surface area contributed by atoms with E-state index in [2.05, 4.69) is 21.5 Å². The molecule has 102 valence electrons. The number of rotatable bonds is 3. The molecule has 0 fully saturated rings. The van der Waals surface area contributed by atoms with E-state index in [9.17, 15) is 0 Å². The summed E-state index contributed by atoms with van der Waals surface area (Å²) in [4.78, 5) is 4.31.